The van der Waals surface area contributed by atoms with E-state index in [0.29, 0.717) is 6.61 Å². The molecule has 0 aliphatic heterocycles. The van der Waals surface area contributed by atoms with Gasteiger partial charge < -0.3 is 14.8 Å². The number of hydrogen-bond acceptors (Lipinski definition) is 4. The van der Waals surface area contributed by atoms with Gasteiger partial charge in [-0.2, -0.15) is 0 Å². The highest BCUT2D eigenvalue weighted by molar-refractivity contribution is 5.81. The third kappa shape index (κ3) is 5.06. The SMILES string of the molecule is CCCCCCOC1CCCC(NC)(C(=O)OCC)C1. The maximum Gasteiger partial charge on any atom is 0.326 e. The summed E-state index contributed by atoms with van der Waals surface area (Å²) in [7, 11) is 1.85. The van der Waals surface area contributed by atoms with Gasteiger partial charge in [-0.05, 0) is 39.7 Å². The Morgan fingerprint density at radius 3 is 2.75 bits per heavy atom. The van der Waals surface area contributed by atoms with Gasteiger partial charge in [-0.1, -0.05) is 26.2 Å². The minimum Gasteiger partial charge on any atom is -0.465 e. The first kappa shape index (κ1) is 17.4. The molecule has 0 saturated heterocycles. The summed E-state index contributed by atoms with van der Waals surface area (Å²) in [5.74, 6) is -0.123. The lowest BCUT2D eigenvalue weighted by Gasteiger charge is -2.38. The number of nitrogens with one attached hydrogen (secondary N) is 1. The maximum atomic E-state index is 12.2. The molecule has 2 atom stereocenters. The summed E-state index contributed by atoms with van der Waals surface area (Å²) in [6.45, 7) is 5.31. The predicted octanol–water partition coefficient (Wildman–Crippen LogP) is 3.05. The van der Waals surface area contributed by atoms with Gasteiger partial charge in [0.25, 0.3) is 0 Å². The van der Waals surface area contributed by atoms with Crippen LogP contribution in [-0.4, -0.2) is 37.9 Å². The molecule has 0 aromatic heterocycles. The van der Waals surface area contributed by atoms with Crippen molar-refractivity contribution in [2.24, 2.45) is 0 Å². The summed E-state index contributed by atoms with van der Waals surface area (Å²) in [4.78, 5) is 12.2. The van der Waals surface area contributed by atoms with Gasteiger partial charge in [0.15, 0.2) is 0 Å². The van der Waals surface area contributed by atoms with Crippen molar-refractivity contribution < 1.29 is 14.3 Å². The number of carbonyl (C=O) groups excluding carboxylic acids is 1. The van der Waals surface area contributed by atoms with Crippen molar-refractivity contribution in [1.29, 1.82) is 0 Å². The summed E-state index contributed by atoms with van der Waals surface area (Å²) < 4.78 is 11.2. The Bertz CT molecular complexity index is 283. The molecule has 1 aliphatic rings. The Morgan fingerprint density at radius 2 is 2.10 bits per heavy atom. The standard InChI is InChI=1S/C16H31NO3/c1-4-6-7-8-12-20-14-10-9-11-16(13-14,17-3)15(18)19-5-2/h14,17H,4-13H2,1-3H3. The number of hydrogen-bond donors (Lipinski definition) is 1. The lowest BCUT2D eigenvalue weighted by Crippen LogP contribution is -2.55. The van der Waals surface area contributed by atoms with Gasteiger partial charge in [0.2, 0.25) is 0 Å². The fourth-order valence-electron chi connectivity index (χ4n) is 2.93. The lowest BCUT2D eigenvalue weighted by molar-refractivity contribution is -0.155. The summed E-state index contributed by atoms with van der Waals surface area (Å²) >= 11 is 0. The van der Waals surface area contributed by atoms with E-state index in [1.165, 1.54) is 19.3 Å². The molecule has 0 spiro atoms. The van der Waals surface area contributed by atoms with Gasteiger partial charge in [-0.3, -0.25) is 4.79 Å². The Hall–Kier alpha value is -0.610. The average molecular weight is 285 g/mol. The van der Waals surface area contributed by atoms with Gasteiger partial charge in [0.05, 0.1) is 12.7 Å². The molecule has 0 bridgehead atoms. The quantitative estimate of drug-likeness (QED) is 0.522. The minimum atomic E-state index is -0.539. The first-order valence-electron chi connectivity index (χ1n) is 8.16. The smallest absolute Gasteiger partial charge is 0.326 e. The van der Waals surface area contributed by atoms with E-state index in [4.69, 9.17) is 9.47 Å². The van der Waals surface area contributed by atoms with Crippen LogP contribution < -0.4 is 5.32 Å². The van der Waals surface area contributed by atoms with Crippen LogP contribution in [0.3, 0.4) is 0 Å². The zero-order valence-electron chi connectivity index (χ0n) is 13.4. The molecule has 0 amide bonds. The third-order valence-corrected chi connectivity index (χ3v) is 4.20. The predicted molar refractivity (Wildman–Crippen MR) is 80.8 cm³/mol. The molecule has 1 rings (SSSR count). The fourth-order valence-corrected chi connectivity index (χ4v) is 2.93. The van der Waals surface area contributed by atoms with Crippen LogP contribution in [0.4, 0.5) is 0 Å². The van der Waals surface area contributed by atoms with Crippen LogP contribution >= 0.6 is 0 Å². The van der Waals surface area contributed by atoms with E-state index in [0.717, 1.165) is 38.7 Å². The molecule has 0 heterocycles. The number of esters is 1. The topological polar surface area (TPSA) is 47.6 Å². The number of carbonyl (C=O) groups is 1. The number of likely N-dealkylation sites (N-methyl/N-ethyl adjacent to an activating group) is 1. The highest BCUT2D eigenvalue weighted by Crippen LogP contribution is 2.31. The molecule has 2 unspecified atom stereocenters. The Kier molecular flexibility index (Phi) is 8.15. The molecule has 1 N–H and O–H groups in total. The van der Waals surface area contributed by atoms with Crippen LogP contribution in [0.15, 0.2) is 0 Å². The monoisotopic (exact) mass is 285 g/mol. The van der Waals surface area contributed by atoms with Crippen molar-refractivity contribution in [3.63, 3.8) is 0 Å². The van der Waals surface area contributed by atoms with E-state index in [-0.39, 0.29) is 12.1 Å². The Balaban J connectivity index is 2.41. The van der Waals surface area contributed by atoms with Crippen LogP contribution in [0.2, 0.25) is 0 Å². The second-order valence-corrected chi connectivity index (χ2v) is 5.70. The number of ether oxygens (including phenoxy) is 2. The normalized spacial score (nSPS) is 26.4. The first-order valence-corrected chi connectivity index (χ1v) is 8.16. The molecule has 1 fully saturated rings. The summed E-state index contributed by atoms with van der Waals surface area (Å²) in [6.07, 6.45) is 8.70. The fraction of sp³-hybridized carbons (Fsp3) is 0.938. The van der Waals surface area contributed by atoms with Crippen molar-refractivity contribution >= 4 is 5.97 Å². The van der Waals surface area contributed by atoms with Crippen LogP contribution in [-0.2, 0) is 14.3 Å². The van der Waals surface area contributed by atoms with Crippen molar-refractivity contribution in [1.82, 2.24) is 5.32 Å². The summed E-state index contributed by atoms with van der Waals surface area (Å²) in [5, 5.41) is 3.19. The van der Waals surface area contributed by atoms with E-state index in [1.807, 2.05) is 14.0 Å². The van der Waals surface area contributed by atoms with Crippen LogP contribution in [0.5, 0.6) is 0 Å². The molecule has 4 heteroatoms. The van der Waals surface area contributed by atoms with Gasteiger partial charge in [0.1, 0.15) is 5.54 Å². The average Bonchev–Trinajstić information content (AvgIpc) is 2.47. The van der Waals surface area contributed by atoms with Crippen LogP contribution in [0.25, 0.3) is 0 Å². The highest BCUT2D eigenvalue weighted by atomic mass is 16.5. The Labute approximate surface area is 123 Å². The lowest BCUT2D eigenvalue weighted by atomic mass is 9.80. The molecule has 0 aromatic rings. The highest BCUT2D eigenvalue weighted by Gasteiger charge is 2.43. The number of rotatable bonds is 9. The second-order valence-electron chi connectivity index (χ2n) is 5.70. The molecule has 0 radical (unpaired) electrons. The van der Waals surface area contributed by atoms with Crippen molar-refractivity contribution in [2.75, 3.05) is 20.3 Å². The van der Waals surface area contributed by atoms with E-state index in [1.54, 1.807) is 0 Å². The van der Waals surface area contributed by atoms with Gasteiger partial charge >= 0.3 is 5.97 Å². The zero-order chi connectivity index (χ0) is 14.8. The maximum absolute atomic E-state index is 12.2. The van der Waals surface area contributed by atoms with Crippen molar-refractivity contribution in [3.8, 4) is 0 Å². The second kappa shape index (κ2) is 9.35. The molecule has 1 saturated carbocycles. The van der Waals surface area contributed by atoms with Crippen LogP contribution in [0, 0.1) is 0 Å². The van der Waals surface area contributed by atoms with E-state index >= 15 is 0 Å². The number of unbranched alkanes of at least 4 members (excludes halogenated alkanes) is 3. The van der Waals surface area contributed by atoms with Crippen molar-refractivity contribution in [3.05, 3.63) is 0 Å². The first-order chi connectivity index (χ1) is 9.68. The molecular formula is C16H31NO3. The van der Waals surface area contributed by atoms with Gasteiger partial charge in [0, 0.05) is 13.0 Å². The zero-order valence-corrected chi connectivity index (χ0v) is 13.4. The molecule has 1 aliphatic carbocycles. The van der Waals surface area contributed by atoms with Crippen molar-refractivity contribution in [2.45, 2.75) is 76.9 Å². The molecular weight excluding hydrogens is 254 g/mol. The van der Waals surface area contributed by atoms with Crippen LogP contribution in [0.1, 0.15) is 65.2 Å². The van der Waals surface area contributed by atoms with E-state index in [9.17, 15) is 4.79 Å². The molecule has 0 aromatic carbocycles. The summed E-state index contributed by atoms with van der Waals surface area (Å²) in [6, 6.07) is 0. The molecule has 4 nitrogen and oxygen atoms in total. The van der Waals surface area contributed by atoms with E-state index in [2.05, 4.69) is 12.2 Å². The largest absolute Gasteiger partial charge is 0.465 e. The third-order valence-electron chi connectivity index (χ3n) is 4.20. The molecule has 118 valence electrons. The molecule has 20 heavy (non-hydrogen) atoms. The summed E-state index contributed by atoms with van der Waals surface area (Å²) in [5.41, 5.74) is -0.539. The van der Waals surface area contributed by atoms with E-state index < -0.39 is 5.54 Å². The Morgan fingerprint density at radius 1 is 1.30 bits per heavy atom. The minimum absolute atomic E-state index is 0.123. The van der Waals surface area contributed by atoms with Gasteiger partial charge in [-0.15, -0.1) is 0 Å². The van der Waals surface area contributed by atoms with Gasteiger partial charge in [-0.25, -0.2) is 0 Å².